The van der Waals surface area contributed by atoms with Gasteiger partial charge in [-0.05, 0) is 49.2 Å². The third-order valence-electron chi connectivity index (χ3n) is 4.16. The summed E-state index contributed by atoms with van der Waals surface area (Å²) < 4.78 is 15.1. The Morgan fingerprint density at radius 3 is 2.57 bits per heavy atom. The first kappa shape index (κ1) is 15.5. The highest BCUT2D eigenvalue weighted by atomic mass is 19.1. The summed E-state index contributed by atoms with van der Waals surface area (Å²) in [5.41, 5.74) is 9.92. The predicted octanol–water partition coefficient (Wildman–Crippen LogP) is 4.85. The number of fused-ring (bicyclic) bond motifs is 1. The van der Waals surface area contributed by atoms with Crippen LogP contribution in [0.15, 0.2) is 42.5 Å². The van der Waals surface area contributed by atoms with Crippen LogP contribution in [0.5, 0.6) is 0 Å². The minimum atomic E-state index is -0.257. The van der Waals surface area contributed by atoms with Gasteiger partial charge in [-0.1, -0.05) is 32.3 Å². The van der Waals surface area contributed by atoms with E-state index < -0.39 is 0 Å². The molecule has 0 bridgehead atoms. The number of imidazole rings is 1. The molecule has 120 valence electrons. The van der Waals surface area contributed by atoms with Crippen LogP contribution in [0.2, 0.25) is 0 Å². The molecule has 1 aromatic carbocycles. The van der Waals surface area contributed by atoms with Gasteiger partial charge in [-0.15, -0.1) is 0 Å². The van der Waals surface area contributed by atoms with Crippen LogP contribution in [0.25, 0.3) is 16.9 Å². The van der Waals surface area contributed by atoms with E-state index in [9.17, 15) is 4.39 Å². The maximum absolute atomic E-state index is 13.1. The van der Waals surface area contributed by atoms with E-state index >= 15 is 0 Å². The predicted molar refractivity (Wildman–Crippen MR) is 92.8 cm³/mol. The summed E-state index contributed by atoms with van der Waals surface area (Å²) in [4.78, 5) is 4.63. The van der Waals surface area contributed by atoms with Gasteiger partial charge < -0.3 is 5.73 Å². The third kappa shape index (κ3) is 3.21. The molecule has 2 heterocycles. The first-order chi connectivity index (χ1) is 11.2. The van der Waals surface area contributed by atoms with Crippen molar-refractivity contribution < 1.29 is 4.39 Å². The fourth-order valence-electron chi connectivity index (χ4n) is 2.93. The highest BCUT2D eigenvalue weighted by molar-refractivity contribution is 5.75. The lowest BCUT2D eigenvalue weighted by Gasteiger charge is -2.07. The fourth-order valence-corrected chi connectivity index (χ4v) is 2.93. The van der Waals surface area contributed by atoms with E-state index in [2.05, 4.69) is 18.0 Å². The number of aromatic nitrogens is 2. The van der Waals surface area contributed by atoms with Crippen LogP contribution >= 0.6 is 0 Å². The van der Waals surface area contributed by atoms with Crippen LogP contribution in [0.1, 0.15) is 38.3 Å². The quantitative estimate of drug-likeness (QED) is 0.662. The number of halogens is 1. The summed E-state index contributed by atoms with van der Waals surface area (Å²) in [7, 11) is 0. The third-order valence-corrected chi connectivity index (χ3v) is 4.16. The first-order valence-electron chi connectivity index (χ1n) is 8.22. The van der Waals surface area contributed by atoms with Gasteiger partial charge in [-0.25, -0.2) is 9.37 Å². The average molecular weight is 311 g/mol. The van der Waals surface area contributed by atoms with Crippen molar-refractivity contribution in [1.29, 1.82) is 0 Å². The monoisotopic (exact) mass is 311 g/mol. The molecule has 0 fully saturated rings. The normalized spacial score (nSPS) is 11.2. The van der Waals surface area contributed by atoms with E-state index in [1.807, 2.05) is 16.5 Å². The van der Waals surface area contributed by atoms with Gasteiger partial charge in [0.25, 0.3) is 0 Å². The molecule has 0 atom stereocenters. The number of nitrogens with two attached hydrogens (primary N) is 1. The van der Waals surface area contributed by atoms with E-state index in [4.69, 9.17) is 5.73 Å². The largest absolute Gasteiger partial charge is 0.383 e. The van der Waals surface area contributed by atoms with Crippen LogP contribution < -0.4 is 5.73 Å². The van der Waals surface area contributed by atoms with Gasteiger partial charge in [0.1, 0.15) is 23.0 Å². The van der Waals surface area contributed by atoms with Gasteiger partial charge in [0, 0.05) is 11.3 Å². The molecule has 2 N–H and O–H groups in total. The number of pyridine rings is 1. The van der Waals surface area contributed by atoms with Crippen LogP contribution in [-0.4, -0.2) is 9.38 Å². The van der Waals surface area contributed by atoms with Gasteiger partial charge in [0.15, 0.2) is 0 Å². The Bertz CT molecular complexity index is 790. The lowest BCUT2D eigenvalue weighted by atomic mass is 10.1. The second-order valence-corrected chi connectivity index (χ2v) is 5.87. The smallest absolute Gasteiger partial charge is 0.139 e. The Kier molecular flexibility index (Phi) is 4.60. The Balaban J connectivity index is 1.96. The van der Waals surface area contributed by atoms with E-state index in [1.165, 1.54) is 37.1 Å². The molecule has 3 rings (SSSR count). The summed E-state index contributed by atoms with van der Waals surface area (Å²) in [5.74, 6) is 0.366. The van der Waals surface area contributed by atoms with E-state index in [1.54, 1.807) is 12.1 Å². The number of benzene rings is 1. The highest BCUT2D eigenvalue weighted by Gasteiger charge is 2.13. The van der Waals surface area contributed by atoms with E-state index in [0.29, 0.717) is 11.5 Å². The van der Waals surface area contributed by atoms with Crippen LogP contribution in [0, 0.1) is 5.82 Å². The van der Waals surface area contributed by atoms with Crippen molar-refractivity contribution >= 4 is 11.5 Å². The molecule has 0 saturated carbocycles. The number of unbranched alkanes of at least 4 members (excludes halogenated alkanes) is 3. The standard InChI is InChI=1S/C19H22FN3/c1-2-3-4-5-7-16-8-6-9-17-22-18(19(21)23(16)17)14-10-12-15(20)13-11-14/h6,8-13H,2-5,7,21H2,1H3. The SMILES string of the molecule is CCCCCCc1cccc2nc(-c3ccc(F)cc3)c(N)n12. The summed E-state index contributed by atoms with van der Waals surface area (Å²) >= 11 is 0. The van der Waals surface area contributed by atoms with Gasteiger partial charge in [0.05, 0.1) is 0 Å². The molecular weight excluding hydrogens is 289 g/mol. The molecular formula is C19H22FN3. The molecule has 0 saturated heterocycles. The zero-order valence-electron chi connectivity index (χ0n) is 13.4. The van der Waals surface area contributed by atoms with E-state index in [-0.39, 0.29) is 5.82 Å². The Morgan fingerprint density at radius 2 is 1.83 bits per heavy atom. The molecule has 2 aromatic heterocycles. The maximum atomic E-state index is 13.1. The number of hydrogen-bond donors (Lipinski definition) is 1. The molecule has 0 spiro atoms. The van der Waals surface area contributed by atoms with Gasteiger partial charge in [-0.2, -0.15) is 0 Å². The second-order valence-electron chi connectivity index (χ2n) is 5.87. The summed E-state index contributed by atoms with van der Waals surface area (Å²) in [6, 6.07) is 12.4. The number of anilines is 1. The Morgan fingerprint density at radius 1 is 1.04 bits per heavy atom. The molecule has 0 aliphatic rings. The van der Waals surface area contributed by atoms with Gasteiger partial charge >= 0.3 is 0 Å². The Labute approximate surface area is 136 Å². The topological polar surface area (TPSA) is 43.3 Å². The van der Waals surface area contributed by atoms with Gasteiger partial charge in [0.2, 0.25) is 0 Å². The lowest BCUT2D eigenvalue weighted by Crippen LogP contribution is -2.01. The van der Waals surface area contributed by atoms with Crippen LogP contribution in [0.3, 0.4) is 0 Å². The maximum Gasteiger partial charge on any atom is 0.139 e. The number of hydrogen-bond acceptors (Lipinski definition) is 2. The van der Waals surface area contributed by atoms with Gasteiger partial charge in [-0.3, -0.25) is 4.40 Å². The average Bonchev–Trinajstić information content (AvgIpc) is 2.90. The minimum absolute atomic E-state index is 0.257. The van der Waals surface area contributed by atoms with Crippen molar-refractivity contribution in [3.63, 3.8) is 0 Å². The molecule has 0 aliphatic heterocycles. The summed E-state index contributed by atoms with van der Waals surface area (Å²) in [6.07, 6.45) is 5.85. The molecule has 0 radical (unpaired) electrons. The van der Waals surface area contributed by atoms with Crippen LogP contribution in [-0.2, 0) is 6.42 Å². The van der Waals surface area contributed by atoms with Crippen molar-refractivity contribution in [3.8, 4) is 11.3 Å². The van der Waals surface area contributed by atoms with Crippen molar-refractivity contribution in [2.75, 3.05) is 5.73 Å². The minimum Gasteiger partial charge on any atom is -0.383 e. The van der Waals surface area contributed by atoms with Crippen molar-refractivity contribution in [2.45, 2.75) is 39.0 Å². The molecule has 3 nitrogen and oxygen atoms in total. The van der Waals surface area contributed by atoms with Crippen molar-refractivity contribution in [2.24, 2.45) is 0 Å². The molecule has 4 heteroatoms. The van der Waals surface area contributed by atoms with E-state index in [0.717, 1.165) is 24.1 Å². The zero-order chi connectivity index (χ0) is 16.2. The first-order valence-corrected chi connectivity index (χ1v) is 8.22. The molecule has 0 unspecified atom stereocenters. The lowest BCUT2D eigenvalue weighted by molar-refractivity contribution is 0.628. The molecule has 23 heavy (non-hydrogen) atoms. The number of aryl methyl sites for hydroxylation is 1. The van der Waals surface area contributed by atoms with Crippen molar-refractivity contribution in [1.82, 2.24) is 9.38 Å². The fraction of sp³-hybridized carbons (Fsp3) is 0.316. The van der Waals surface area contributed by atoms with Crippen molar-refractivity contribution in [3.05, 3.63) is 54.0 Å². The number of nitrogen functional groups attached to an aromatic ring is 1. The highest BCUT2D eigenvalue weighted by Crippen LogP contribution is 2.28. The molecule has 0 amide bonds. The zero-order valence-corrected chi connectivity index (χ0v) is 13.4. The summed E-state index contributed by atoms with van der Waals surface area (Å²) in [6.45, 7) is 2.21. The number of rotatable bonds is 6. The number of nitrogens with zero attached hydrogens (tertiary/aromatic N) is 2. The molecule has 3 aromatic rings. The molecule has 0 aliphatic carbocycles. The summed E-state index contributed by atoms with van der Waals surface area (Å²) in [5, 5.41) is 0. The van der Waals surface area contributed by atoms with Crippen LogP contribution in [0.4, 0.5) is 10.2 Å². The Hall–Kier alpha value is -2.36. The second kappa shape index (κ2) is 6.82.